The lowest BCUT2D eigenvalue weighted by Crippen LogP contribution is -2.30. The largest absolute Gasteiger partial charge is 0.490 e. The summed E-state index contributed by atoms with van der Waals surface area (Å²) < 4.78 is 47.7. The summed E-state index contributed by atoms with van der Waals surface area (Å²) in [5, 5.41) is 10.2. The van der Waals surface area contributed by atoms with Gasteiger partial charge in [-0.2, -0.15) is 0 Å². The van der Waals surface area contributed by atoms with Crippen LogP contribution < -0.4 is 4.74 Å². The SMILES string of the molecule is C[C@@]1(O)CCOc2c1cc(F)c(-c1ncccc1F)c2F. The molecule has 1 N–H and O–H groups in total. The maximum absolute atomic E-state index is 14.5. The van der Waals surface area contributed by atoms with Crippen LogP contribution in [0.2, 0.25) is 0 Å². The van der Waals surface area contributed by atoms with Gasteiger partial charge in [0.05, 0.1) is 17.8 Å². The van der Waals surface area contributed by atoms with Crippen molar-refractivity contribution in [2.75, 3.05) is 6.61 Å². The van der Waals surface area contributed by atoms with Gasteiger partial charge < -0.3 is 9.84 Å². The van der Waals surface area contributed by atoms with Crippen LogP contribution in [-0.4, -0.2) is 16.7 Å². The summed E-state index contributed by atoms with van der Waals surface area (Å²) >= 11 is 0. The molecule has 0 spiro atoms. The number of rotatable bonds is 1. The highest BCUT2D eigenvalue weighted by Gasteiger charge is 2.36. The fraction of sp³-hybridized carbons (Fsp3) is 0.267. The van der Waals surface area contributed by atoms with Gasteiger partial charge in [0.1, 0.15) is 17.3 Å². The van der Waals surface area contributed by atoms with Gasteiger partial charge in [-0.05, 0) is 25.1 Å². The molecule has 1 atom stereocenters. The average molecular weight is 295 g/mol. The third-order valence-corrected chi connectivity index (χ3v) is 3.58. The van der Waals surface area contributed by atoms with Crippen LogP contribution in [0.4, 0.5) is 13.2 Å². The van der Waals surface area contributed by atoms with E-state index in [1.165, 1.54) is 19.2 Å². The molecule has 0 saturated heterocycles. The van der Waals surface area contributed by atoms with Gasteiger partial charge in [0, 0.05) is 18.2 Å². The molecule has 3 rings (SSSR count). The number of benzene rings is 1. The number of halogens is 3. The van der Waals surface area contributed by atoms with Gasteiger partial charge in [-0.1, -0.05) is 0 Å². The van der Waals surface area contributed by atoms with Gasteiger partial charge in [-0.15, -0.1) is 0 Å². The van der Waals surface area contributed by atoms with Crippen LogP contribution in [0.15, 0.2) is 24.4 Å². The van der Waals surface area contributed by atoms with Gasteiger partial charge >= 0.3 is 0 Å². The van der Waals surface area contributed by atoms with Gasteiger partial charge in [0.15, 0.2) is 11.6 Å². The first-order valence-electron chi connectivity index (χ1n) is 6.40. The first-order valence-corrected chi connectivity index (χ1v) is 6.40. The minimum atomic E-state index is -1.39. The molecule has 1 aromatic carbocycles. The zero-order valence-electron chi connectivity index (χ0n) is 11.2. The van der Waals surface area contributed by atoms with Gasteiger partial charge in [0.25, 0.3) is 0 Å². The lowest BCUT2D eigenvalue weighted by atomic mass is 9.88. The van der Waals surface area contributed by atoms with Crippen LogP contribution in [-0.2, 0) is 5.60 Å². The Hall–Kier alpha value is -2.08. The van der Waals surface area contributed by atoms with E-state index >= 15 is 0 Å². The molecule has 110 valence electrons. The fourth-order valence-corrected chi connectivity index (χ4v) is 2.42. The van der Waals surface area contributed by atoms with E-state index in [-0.39, 0.29) is 24.3 Å². The van der Waals surface area contributed by atoms with Crippen molar-refractivity contribution >= 4 is 0 Å². The molecule has 0 fully saturated rings. The predicted molar refractivity (Wildman–Crippen MR) is 69.2 cm³/mol. The Labute approximate surface area is 119 Å². The molecule has 21 heavy (non-hydrogen) atoms. The number of hydrogen-bond donors (Lipinski definition) is 1. The van der Waals surface area contributed by atoms with E-state index in [0.29, 0.717) is 0 Å². The summed E-state index contributed by atoms with van der Waals surface area (Å²) in [5.41, 5.74) is -2.39. The second-order valence-corrected chi connectivity index (χ2v) is 5.13. The molecule has 3 nitrogen and oxygen atoms in total. The summed E-state index contributed by atoms with van der Waals surface area (Å²) in [4.78, 5) is 3.68. The summed E-state index contributed by atoms with van der Waals surface area (Å²) in [6.45, 7) is 1.54. The zero-order valence-corrected chi connectivity index (χ0v) is 11.2. The van der Waals surface area contributed by atoms with Crippen LogP contribution >= 0.6 is 0 Å². The van der Waals surface area contributed by atoms with E-state index < -0.39 is 34.3 Å². The topological polar surface area (TPSA) is 42.4 Å². The monoisotopic (exact) mass is 295 g/mol. The van der Waals surface area contributed by atoms with Crippen molar-refractivity contribution in [3.05, 3.63) is 47.4 Å². The number of pyridine rings is 1. The molecular formula is C15H12F3NO2. The lowest BCUT2D eigenvalue weighted by molar-refractivity contribution is 0.0126. The highest BCUT2D eigenvalue weighted by atomic mass is 19.1. The van der Waals surface area contributed by atoms with Crippen molar-refractivity contribution in [2.45, 2.75) is 18.9 Å². The fourth-order valence-electron chi connectivity index (χ4n) is 2.42. The standard InChI is InChI=1S/C15H12F3NO2/c1-15(20)4-6-21-14-8(15)7-10(17)11(12(14)18)13-9(16)3-2-5-19-13/h2-3,5,7,20H,4,6H2,1H3/t15-/m1/s1. The van der Waals surface area contributed by atoms with Crippen LogP contribution in [0.1, 0.15) is 18.9 Å². The van der Waals surface area contributed by atoms with Crippen molar-refractivity contribution in [3.63, 3.8) is 0 Å². The minimum Gasteiger partial charge on any atom is -0.490 e. The number of aromatic nitrogens is 1. The third kappa shape index (κ3) is 2.15. The summed E-state index contributed by atoms with van der Waals surface area (Å²) in [5.74, 6) is -3.14. The Balaban J connectivity index is 2.28. The molecule has 0 radical (unpaired) electrons. The number of aliphatic hydroxyl groups is 1. The van der Waals surface area contributed by atoms with E-state index in [1.54, 1.807) is 0 Å². The van der Waals surface area contributed by atoms with Gasteiger partial charge in [-0.25, -0.2) is 13.2 Å². The number of fused-ring (bicyclic) bond motifs is 1. The van der Waals surface area contributed by atoms with Crippen molar-refractivity contribution in [3.8, 4) is 17.0 Å². The van der Waals surface area contributed by atoms with Gasteiger partial charge in [0.2, 0.25) is 0 Å². The first-order chi connectivity index (χ1) is 9.92. The van der Waals surface area contributed by atoms with Crippen LogP contribution in [0.3, 0.4) is 0 Å². The van der Waals surface area contributed by atoms with E-state index in [4.69, 9.17) is 4.74 Å². The van der Waals surface area contributed by atoms with Crippen LogP contribution in [0.25, 0.3) is 11.3 Å². The first kappa shape index (κ1) is 13.9. The average Bonchev–Trinajstić information content (AvgIpc) is 2.42. The maximum Gasteiger partial charge on any atom is 0.177 e. The van der Waals surface area contributed by atoms with Crippen molar-refractivity contribution in [1.29, 1.82) is 0 Å². The smallest absolute Gasteiger partial charge is 0.177 e. The number of ether oxygens (including phenoxy) is 1. The molecule has 0 aliphatic carbocycles. The molecule has 6 heteroatoms. The van der Waals surface area contributed by atoms with E-state index in [2.05, 4.69) is 4.98 Å². The number of hydrogen-bond acceptors (Lipinski definition) is 3. The third-order valence-electron chi connectivity index (χ3n) is 3.58. The van der Waals surface area contributed by atoms with E-state index in [9.17, 15) is 18.3 Å². The second-order valence-electron chi connectivity index (χ2n) is 5.13. The Morgan fingerprint density at radius 2 is 2.05 bits per heavy atom. The molecule has 1 aliphatic rings. The van der Waals surface area contributed by atoms with Gasteiger partial charge in [-0.3, -0.25) is 4.98 Å². The summed E-state index contributed by atoms with van der Waals surface area (Å²) in [6, 6.07) is 3.37. The second kappa shape index (κ2) is 4.73. The highest BCUT2D eigenvalue weighted by Crippen LogP contribution is 2.43. The Bertz CT molecular complexity index is 716. The molecular weight excluding hydrogens is 283 g/mol. The van der Waals surface area contributed by atoms with Crippen LogP contribution in [0, 0.1) is 17.5 Å². The van der Waals surface area contributed by atoms with Crippen molar-refractivity contribution in [1.82, 2.24) is 4.98 Å². The summed E-state index contributed by atoms with van der Waals surface area (Å²) in [6.07, 6.45) is 1.46. The molecule has 0 bridgehead atoms. The molecule has 0 saturated carbocycles. The van der Waals surface area contributed by atoms with Crippen molar-refractivity contribution in [2.24, 2.45) is 0 Å². The Morgan fingerprint density at radius 1 is 1.29 bits per heavy atom. The minimum absolute atomic E-state index is 0.0174. The van der Waals surface area contributed by atoms with Crippen molar-refractivity contribution < 1.29 is 23.0 Å². The molecule has 1 aliphatic heterocycles. The maximum atomic E-state index is 14.5. The van der Waals surface area contributed by atoms with E-state index in [0.717, 1.165) is 12.1 Å². The number of nitrogens with zero attached hydrogens (tertiary/aromatic N) is 1. The molecule has 0 unspecified atom stereocenters. The summed E-state index contributed by atoms with van der Waals surface area (Å²) in [7, 11) is 0. The normalized spacial score (nSPS) is 20.8. The molecule has 1 aromatic heterocycles. The van der Waals surface area contributed by atoms with E-state index in [1.807, 2.05) is 0 Å². The quantitative estimate of drug-likeness (QED) is 0.878. The van der Waals surface area contributed by atoms with Crippen LogP contribution in [0.5, 0.6) is 5.75 Å². The molecule has 0 amide bonds. The Kier molecular flexibility index (Phi) is 3.13. The Morgan fingerprint density at radius 3 is 2.76 bits per heavy atom. The molecule has 2 aromatic rings. The lowest BCUT2D eigenvalue weighted by Gasteiger charge is -2.31. The predicted octanol–water partition coefficient (Wildman–Crippen LogP) is 3.16. The molecule has 2 heterocycles. The zero-order chi connectivity index (χ0) is 15.2. The highest BCUT2D eigenvalue weighted by molar-refractivity contribution is 5.66.